The predicted molar refractivity (Wildman–Crippen MR) is 99.8 cm³/mol. The third kappa shape index (κ3) is 5.84. The molecule has 1 amide bonds. The molecule has 2 aromatic carbocycles. The number of amides is 1. The normalized spacial score (nSPS) is 12.0. The van der Waals surface area contributed by atoms with Gasteiger partial charge < -0.3 is 14.5 Å². The Morgan fingerprint density at radius 3 is 2.69 bits per heavy atom. The van der Waals surface area contributed by atoms with Gasteiger partial charge in [0.05, 0.1) is 12.2 Å². The van der Waals surface area contributed by atoms with Gasteiger partial charge in [-0.1, -0.05) is 12.1 Å². The number of nitrogens with zero attached hydrogens (tertiary/aromatic N) is 1. The molecule has 0 saturated heterocycles. The number of nitrogens with one attached hydrogen (secondary N) is 1. The van der Waals surface area contributed by atoms with E-state index < -0.39 is 6.61 Å². The first-order chi connectivity index (χ1) is 13.9. The molecule has 8 heteroatoms. The van der Waals surface area contributed by atoms with Crippen LogP contribution in [0.2, 0.25) is 0 Å². The van der Waals surface area contributed by atoms with Gasteiger partial charge in [0.2, 0.25) is 5.91 Å². The maximum Gasteiger partial charge on any atom is 0.387 e. The van der Waals surface area contributed by atoms with Crippen LogP contribution in [0.25, 0.3) is 11.3 Å². The van der Waals surface area contributed by atoms with Crippen LogP contribution in [-0.2, 0) is 11.2 Å². The van der Waals surface area contributed by atoms with Gasteiger partial charge in [0.25, 0.3) is 0 Å². The SMILES string of the molecule is CC(NC(=O)CCc1ncc(-c2ccc(F)cc2)o1)c1cccc(OC(F)F)c1. The number of aromatic nitrogens is 1. The van der Waals surface area contributed by atoms with E-state index in [0.717, 1.165) is 0 Å². The van der Waals surface area contributed by atoms with Crippen LogP contribution in [0.15, 0.2) is 59.1 Å². The number of carbonyl (C=O) groups is 1. The molecule has 0 spiro atoms. The number of oxazole rings is 1. The van der Waals surface area contributed by atoms with Gasteiger partial charge in [-0.2, -0.15) is 8.78 Å². The van der Waals surface area contributed by atoms with Crippen molar-refractivity contribution >= 4 is 5.91 Å². The molecule has 3 aromatic rings. The zero-order valence-electron chi connectivity index (χ0n) is 15.6. The quantitative estimate of drug-likeness (QED) is 0.581. The molecule has 0 fully saturated rings. The smallest absolute Gasteiger partial charge is 0.387 e. The summed E-state index contributed by atoms with van der Waals surface area (Å²) >= 11 is 0. The summed E-state index contributed by atoms with van der Waals surface area (Å²) in [5.41, 5.74) is 1.33. The van der Waals surface area contributed by atoms with E-state index in [1.165, 1.54) is 30.5 Å². The molecule has 0 bridgehead atoms. The lowest BCUT2D eigenvalue weighted by atomic mass is 10.1. The summed E-state index contributed by atoms with van der Waals surface area (Å²) in [6, 6.07) is 11.6. The largest absolute Gasteiger partial charge is 0.441 e. The molecule has 152 valence electrons. The molecule has 29 heavy (non-hydrogen) atoms. The van der Waals surface area contributed by atoms with E-state index in [1.807, 2.05) is 0 Å². The van der Waals surface area contributed by atoms with Gasteiger partial charge in [-0.3, -0.25) is 4.79 Å². The molecule has 1 unspecified atom stereocenters. The van der Waals surface area contributed by atoms with Crippen molar-refractivity contribution in [3.05, 3.63) is 72.0 Å². The number of hydrogen-bond acceptors (Lipinski definition) is 4. The lowest BCUT2D eigenvalue weighted by Crippen LogP contribution is -2.26. The van der Waals surface area contributed by atoms with Crippen LogP contribution in [0.4, 0.5) is 13.2 Å². The summed E-state index contributed by atoms with van der Waals surface area (Å²) in [5.74, 6) is 0.334. The lowest BCUT2D eigenvalue weighted by molar-refractivity contribution is -0.121. The summed E-state index contributed by atoms with van der Waals surface area (Å²) < 4.78 is 47.6. The van der Waals surface area contributed by atoms with Gasteiger partial charge in [0, 0.05) is 18.4 Å². The Balaban J connectivity index is 1.53. The number of alkyl halides is 2. The van der Waals surface area contributed by atoms with E-state index in [-0.39, 0.29) is 36.4 Å². The average Bonchev–Trinajstić information content (AvgIpc) is 3.15. The van der Waals surface area contributed by atoms with Gasteiger partial charge in [-0.05, 0) is 48.9 Å². The first-order valence-electron chi connectivity index (χ1n) is 8.95. The summed E-state index contributed by atoms with van der Waals surface area (Å²) in [5, 5.41) is 2.80. The van der Waals surface area contributed by atoms with Gasteiger partial charge in [0.1, 0.15) is 11.6 Å². The molecule has 0 saturated carbocycles. The fraction of sp³-hybridized carbons (Fsp3) is 0.238. The first-order valence-corrected chi connectivity index (χ1v) is 8.95. The Morgan fingerprint density at radius 2 is 1.97 bits per heavy atom. The fourth-order valence-corrected chi connectivity index (χ4v) is 2.75. The van der Waals surface area contributed by atoms with E-state index in [2.05, 4.69) is 15.0 Å². The number of ether oxygens (including phenoxy) is 1. The molecule has 3 rings (SSSR count). The van der Waals surface area contributed by atoms with Crippen molar-refractivity contribution in [3.8, 4) is 17.1 Å². The van der Waals surface area contributed by atoms with Crippen LogP contribution in [0, 0.1) is 5.82 Å². The Labute approximate surface area is 165 Å². The second-order valence-corrected chi connectivity index (χ2v) is 6.37. The molecule has 1 heterocycles. The van der Waals surface area contributed by atoms with Crippen LogP contribution in [0.3, 0.4) is 0 Å². The third-order valence-electron chi connectivity index (χ3n) is 4.21. The Hall–Kier alpha value is -3.29. The molecular formula is C21H19F3N2O3. The Bertz CT molecular complexity index is 958. The molecule has 0 aliphatic heterocycles. The van der Waals surface area contributed by atoms with Crippen molar-refractivity contribution < 1.29 is 27.1 Å². The highest BCUT2D eigenvalue weighted by molar-refractivity contribution is 5.76. The zero-order chi connectivity index (χ0) is 20.8. The minimum atomic E-state index is -2.91. The number of benzene rings is 2. The van der Waals surface area contributed by atoms with Gasteiger partial charge in [-0.25, -0.2) is 9.37 Å². The molecule has 0 aliphatic carbocycles. The minimum absolute atomic E-state index is 0.0340. The summed E-state index contributed by atoms with van der Waals surface area (Å²) in [6.07, 6.45) is 1.95. The molecule has 5 nitrogen and oxygen atoms in total. The highest BCUT2D eigenvalue weighted by atomic mass is 19.3. The highest BCUT2D eigenvalue weighted by Crippen LogP contribution is 2.22. The summed E-state index contributed by atoms with van der Waals surface area (Å²) in [7, 11) is 0. The second kappa shape index (κ2) is 9.27. The van der Waals surface area contributed by atoms with Crippen LogP contribution in [0.1, 0.15) is 30.8 Å². The van der Waals surface area contributed by atoms with E-state index in [4.69, 9.17) is 4.42 Å². The van der Waals surface area contributed by atoms with Crippen LogP contribution in [0.5, 0.6) is 5.75 Å². The second-order valence-electron chi connectivity index (χ2n) is 6.37. The minimum Gasteiger partial charge on any atom is -0.441 e. The molecule has 1 atom stereocenters. The molecule has 1 N–H and O–H groups in total. The molecule has 0 aliphatic rings. The number of hydrogen-bond donors (Lipinski definition) is 1. The number of halogens is 3. The van der Waals surface area contributed by atoms with Gasteiger partial charge >= 0.3 is 6.61 Å². The van der Waals surface area contributed by atoms with Crippen molar-refractivity contribution in [2.75, 3.05) is 0 Å². The highest BCUT2D eigenvalue weighted by Gasteiger charge is 2.13. The van der Waals surface area contributed by atoms with Gasteiger partial charge in [0.15, 0.2) is 11.7 Å². The maximum absolute atomic E-state index is 13.0. The van der Waals surface area contributed by atoms with Crippen molar-refractivity contribution in [1.82, 2.24) is 10.3 Å². The van der Waals surface area contributed by atoms with Gasteiger partial charge in [-0.15, -0.1) is 0 Å². The molecular weight excluding hydrogens is 385 g/mol. The third-order valence-corrected chi connectivity index (χ3v) is 4.21. The van der Waals surface area contributed by atoms with Crippen molar-refractivity contribution in [2.24, 2.45) is 0 Å². The fourth-order valence-electron chi connectivity index (χ4n) is 2.75. The summed E-state index contributed by atoms with van der Waals surface area (Å²) in [6.45, 7) is -1.16. The van der Waals surface area contributed by atoms with Crippen LogP contribution in [-0.4, -0.2) is 17.5 Å². The van der Waals surface area contributed by atoms with Crippen molar-refractivity contribution in [1.29, 1.82) is 0 Å². The Morgan fingerprint density at radius 1 is 1.21 bits per heavy atom. The summed E-state index contributed by atoms with van der Waals surface area (Å²) in [4.78, 5) is 16.3. The average molecular weight is 404 g/mol. The standard InChI is InChI=1S/C21H19F3N2O3/c1-13(15-3-2-4-17(11-15)28-21(23)24)26-19(27)9-10-20-25-12-18(29-20)14-5-7-16(22)8-6-14/h2-8,11-13,21H,9-10H2,1H3,(H,26,27). The lowest BCUT2D eigenvalue weighted by Gasteiger charge is -2.15. The number of carbonyl (C=O) groups excluding carboxylic acids is 1. The first kappa shape index (κ1) is 20.4. The van der Waals surface area contributed by atoms with Crippen molar-refractivity contribution in [3.63, 3.8) is 0 Å². The molecule has 1 aromatic heterocycles. The Kier molecular flexibility index (Phi) is 6.54. The van der Waals surface area contributed by atoms with Crippen LogP contribution >= 0.6 is 0 Å². The van der Waals surface area contributed by atoms with E-state index in [9.17, 15) is 18.0 Å². The number of rotatable bonds is 8. The van der Waals surface area contributed by atoms with E-state index in [1.54, 1.807) is 31.2 Å². The van der Waals surface area contributed by atoms with E-state index in [0.29, 0.717) is 22.8 Å². The monoisotopic (exact) mass is 404 g/mol. The van der Waals surface area contributed by atoms with Crippen LogP contribution < -0.4 is 10.1 Å². The van der Waals surface area contributed by atoms with Crippen molar-refractivity contribution in [2.45, 2.75) is 32.4 Å². The molecule has 0 radical (unpaired) electrons. The topological polar surface area (TPSA) is 64.4 Å². The predicted octanol–water partition coefficient (Wildman–Crippen LogP) is 4.89. The van der Waals surface area contributed by atoms with E-state index >= 15 is 0 Å². The number of aryl methyl sites for hydroxylation is 1. The zero-order valence-corrected chi connectivity index (χ0v) is 15.6. The maximum atomic E-state index is 13.0.